The molecular weight excluding hydrogens is 475 g/mol. The van der Waals surface area contributed by atoms with Gasteiger partial charge in [0.15, 0.2) is 0 Å². The van der Waals surface area contributed by atoms with Crippen molar-refractivity contribution in [1.29, 1.82) is 0 Å². The van der Waals surface area contributed by atoms with Gasteiger partial charge in [0, 0.05) is 11.3 Å². The first kappa shape index (κ1) is 25.1. The second-order valence-electron chi connectivity index (χ2n) is 8.31. The molecule has 1 atom stereocenters. The first-order valence-electron chi connectivity index (χ1n) is 11.5. The molecule has 1 aliphatic rings. The fraction of sp³-hybridized carbons (Fsp3) is 0.259. The smallest absolute Gasteiger partial charge is 0.416 e. The van der Waals surface area contributed by atoms with Gasteiger partial charge in [0.2, 0.25) is 0 Å². The van der Waals surface area contributed by atoms with Gasteiger partial charge in [-0.15, -0.1) is 0 Å². The van der Waals surface area contributed by atoms with Crippen LogP contribution in [0.5, 0.6) is 5.75 Å². The van der Waals surface area contributed by atoms with Crippen molar-refractivity contribution in [2.75, 3.05) is 11.5 Å². The molecule has 1 aromatic heterocycles. The SMILES string of the molecule is CCCCCOc1ccc(/C(O)=C2/C(=O)C(=O)N(c3cccc(C(F)(F)F)c3)C2c2ccco2)cc1. The molecule has 2 heterocycles. The van der Waals surface area contributed by atoms with Crippen LogP contribution in [0.25, 0.3) is 5.76 Å². The highest BCUT2D eigenvalue weighted by atomic mass is 19.4. The van der Waals surface area contributed by atoms with Crippen LogP contribution >= 0.6 is 0 Å². The number of benzene rings is 2. The molecule has 6 nitrogen and oxygen atoms in total. The van der Waals surface area contributed by atoms with Crippen molar-refractivity contribution in [3.63, 3.8) is 0 Å². The molecule has 1 N–H and O–H groups in total. The topological polar surface area (TPSA) is 80.0 Å². The largest absolute Gasteiger partial charge is 0.507 e. The highest BCUT2D eigenvalue weighted by molar-refractivity contribution is 6.51. The number of aliphatic hydroxyl groups excluding tert-OH is 1. The van der Waals surface area contributed by atoms with Gasteiger partial charge >= 0.3 is 6.18 Å². The number of anilines is 1. The van der Waals surface area contributed by atoms with Crippen molar-refractivity contribution in [3.8, 4) is 5.75 Å². The summed E-state index contributed by atoms with van der Waals surface area (Å²) in [4.78, 5) is 27.0. The van der Waals surface area contributed by atoms with Gasteiger partial charge < -0.3 is 14.3 Å². The number of aliphatic hydroxyl groups is 1. The van der Waals surface area contributed by atoms with Gasteiger partial charge in [-0.3, -0.25) is 14.5 Å². The van der Waals surface area contributed by atoms with Crippen LogP contribution in [0.4, 0.5) is 18.9 Å². The van der Waals surface area contributed by atoms with E-state index in [1.165, 1.54) is 24.5 Å². The van der Waals surface area contributed by atoms with E-state index in [-0.39, 0.29) is 22.6 Å². The predicted octanol–water partition coefficient (Wildman–Crippen LogP) is 6.49. The molecule has 2 aromatic carbocycles. The summed E-state index contributed by atoms with van der Waals surface area (Å²) < 4.78 is 51.1. The van der Waals surface area contributed by atoms with Gasteiger partial charge in [0.25, 0.3) is 11.7 Å². The molecule has 1 aliphatic heterocycles. The van der Waals surface area contributed by atoms with E-state index in [1.807, 2.05) is 0 Å². The molecule has 0 spiro atoms. The van der Waals surface area contributed by atoms with Crippen molar-refractivity contribution in [2.45, 2.75) is 38.4 Å². The van der Waals surface area contributed by atoms with Crippen molar-refractivity contribution >= 4 is 23.1 Å². The maximum Gasteiger partial charge on any atom is 0.416 e. The number of hydrogen-bond acceptors (Lipinski definition) is 5. The summed E-state index contributed by atoms with van der Waals surface area (Å²) in [7, 11) is 0. The average molecular weight is 499 g/mol. The van der Waals surface area contributed by atoms with E-state index in [4.69, 9.17) is 9.15 Å². The van der Waals surface area contributed by atoms with Crippen LogP contribution in [0.1, 0.15) is 49.1 Å². The number of hydrogen-bond donors (Lipinski definition) is 1. The fourth-order valence-electron chi connectivity index (χ4n) is 4.05. The second-order valence-corrected chi connectivity index (χ2v) is 8.31. The summed E-state index contributed by atoms with van der Waals surface area (Å²) in [5.74, 6) is -1.89. The number of amides is 1. The lowest BCUT2D eigenvalue weighted by molar-refractivity contribution is -0.137. The fourth-order valence-corrected chi connectivity index (χ4v) is 4.05. The molecule has 1 saturated heterocycles. The summed E-state index contributed by atoms with van der Waals surface area (Å²) in [6.07, 6.45) is -0.334. The third-order valence-electron chi connectivity index (χ3n) is 5.85. The Balaban J connectivity index is 1.74. The number of unbranched alkanes of at least 4 members (excludes halogenated alkanes) is 2. The highest BCUT2D eigenvalue weighted by Gasteiger charge is 2.48. The zero-order valence-corrected chi connectivity index (χ0v) is 19.4. The lowest BCUT2D eigenvalue weighted by atomic mass is 9.99. The van der Waals surface area contributed by atoms with E-state index >= 15 is 0 Å². The number of Topliss-reactive ketones (excluding diaryl/α,β-unsaturated/α-hetero) is 1. The lowest BCUT2D eigenvalue weighted by Gasteiger charge is -2.24. The summed E-state index contributed by atoms with van der Waals surface area (Å²) >= 11 is 0. The minimum atomic E-state index is -4.65. The van der Waals surface area contributed by atoms with E-state index in [9.17, 15) is 27.9 Å². The Morgan fingerprint density at radius 1 is 1.06 bits per heavy atom. The van der Waals surface area contributed by atoms with Crippen LogP contribution < -0.4 is 9.64 Å². The highest BCUT2D eigenvalue weighted by Crippen LogP contribution is 2.43. The van der Waals surface area contributed by atoms with Crippen LogP contribution in [-0.4, -0.2) is 23.4 Å². The second kappa shape index (κ2) is 10.3. The van der Waals surface area contributed by atoms with Gasteiger partial charge in [-0.05, 0) is 61.0 Å². The maximum absolute atomic E-state index is 13.3. The Morgan fingerprint density at radius 2 is 1.81 bits per heavy atom. The van der Waals surface area contributed by atoms with Gasteiger partial charge in [0.05, 0.1) is 24.0 Å². The van der Waals surface area contributed by atoms with E-state index < -0.39 is 35.2 Å². The van der Waals surface area contributed by atoms with Gasteiger partial charge in [-0.1, -0.05) is 25.8 Å². The molecule has 188 valence electrons. The first-order valence-corrected chi connectivity index (χ1v) is 11.5. The molecular formula is C27H24F3NO5. The molecule has 1 fully saturated rings. The summed E-state index contributed by atoms with van der Waals surface area (Å²) in [5.41, 5.74) is -1.17. The van der Waals surface area contributed by atoms with E-state index in [2.05, 4.69) is 6.92 Å². The van der Waals surface area contributed by atoms with Gasteiger partial charge in [-0.25, -0.2) is 0 Å². The molecule has 3 aromatic rings. The molecule has 0 aliphatic carbocycles. The van der Waals surface area contributed by atoms with Crippen molar-refractivity contribution in [1.82, 2.24) is 0 Å². The Labute approximate surface area is 205 Å². The number of ketones is 1. The molecule has 9 heteroatoms. The molecule has 1 amide bonds. The number of carbonyl (C=O) groups excluding carboxylic acids is 2. The average Bonchev–Trinajstić information content (AvgIpc) is 3.48. The number of alkyl halides is 3. The molecule has 1 unspecified atom stereocenters. The van der Waals surface area contributed by atoms with Crippen LogP contribution in [0.2, 0.25) is 0 Å². The Hall–Kier alpha value is -4.01. The number of halogens is 3. The zero-order chi connectivity index (χ0) is 25.9. The van der Waals surface area contributed by atoms with E-state index in [0.29, 0.717) is 12.4 Å². The number of ether oxygens (including phenoxy) is 1. The van der Waals surface area contributed by atoms with Crippen LogP contribution in [0.3, 0.4) is 0 Å². The quantitative estimate of drug-likeness (QED) is 0.166. The minimum Gasteiger partial charge on any atom is -0.507 e. The van der Waals surface area contributed by atoms with Crippen LogP contribution in [0.15, 0.2) is 76.9 Å². The first-order chi connectivity index (χ1) is 17.2. The van der Waals surface area contributed by atoms with E-state index in [0.717, 1.165) is 42.4 Å². The standard InChI is InChI=1S/C27H24F3NO5/c1-2-3-4-14-35-20-12-10-17(11-13-20)24(32)22-23(21-9-6-15-36-21)31(26(34)25(22)33)19-8-5-7-18(16-19)27(28,29)30/h5-13,15-16,23,32H,2-4,14H2,1H3/b24-22-. The van der Waals surface area contributed by atoms with Gasteiger partial charge in [0.1, 0.15) is 23.3 Å². The van der Waals surface area contributed by atoms with Crippen molar-refractivity contribution in [3.05, 3.63) is 89.4 Å². The van der Waals surface area contributed by atoms with Gasteiger partial charge in [-0.2, -0.15) is 13.2 Å². The van der Waals surface area contributed by atoms with Crippen molar-refractivity contribution in [2.24, 2.45) is 0 Å². The normalized spacial score (nSPS) is 17.6. The lowest BCUT2D eigenvalue weighted by Crippen LogP contribution is -2.29. The Bertz CT molecular complexity index is 1260. The third kappa shape index (κ3) is 5.00. The zero-order valence-electron chi connectivity index (χ0n) is 19.4. The Morgan fingerprint density at radius 3 is 2.44 bits per heavy atom. The number of carbonyl (C=O) groups is 2. The maximum atomic E-state index is 13.3. The monoisotopic (exact) mass is 499 g/mol. The molecule has 4 rings (SSSR count). The summed E-state index contributed by atoms with van der Waals surface area (Å²) in [6, 6.07) is 12.2. The Kier molecular flexibility index (Phi) is 7.19. The van der Waals surface area contributed by atoms with Crippen LogP contribution in [-0.2, 0) is 15.8 Å². The third-order valence-corrected chi connectivity index (χ3v) is 5.85. The molecule has 0 bridgehead atoms. The predicted molar refractivity (Wildman–Crippen MR) is 126 cm³/mol. The van der Waals surface area contributed by atoms with Crippen molar-refractivity contribution < 1.29 is 37.0 Å². The summed E-state index contributed by atoms with van der Waals surface area (Å²) in [6.45, 7) is 2.63. The number of rotatable bonds is 8. The minimum absolute atomic E-state index is 0.115. The molecule has 0 radical (unpaired) electrons. The number of nitrogens with zero attached hydrogens (tertiary/aromatic N) is 1. The molecule has 0 saturated carbocycles. The summed E-state index contributed by atoms with van der Waals surface area (Å²) in [5, 5.41) is 11.1. The number of furan rings is 1. The van der Waals surface area contributed by atoms with E-state index in [1.54, 1.807) is 24.3 Å². The van der Waals surface area contributed by atoms with Crippen LogP contribution in [0, 0.1) is 0 Å². The molecule has 36 heavy (non-hydrogen) atoms.